The van der Waals surface area contributed by atoms with Crippen LogP contribution < -0.4 is 0 Å². The number of aromatic nitrogens is 1. The highest BCUT2D eigenvalue weighted by molar-refractivity contribution is 6.30. The van der Waals surface area contributed by atoms with Crippen molar-refractivity contribution in [2.45, 2.75) is 6.92 Å². The van der Waals surface area contributed by atoms with Gasteiger partial charge in [-0.05, 0) is 19.1 Å². The van der Waals surface area contributed by atoms with Crippen LogP contribution >= 0.6 is 11.6 Å². The molecule has 1 aromatic heterocycles. The van der Waals surface area contributed by atoms with Crippen molar-refractivity contribution in [2.24, 2.45) is 0 Å². The normalized spacial score (nSPS) is 9.88. The van der Waals surface area contributed by atoms with Gasteiger partial charge in [-0.25, -0.2) is 4.98 Å². The van der Waals surface area contributed by atoms with Crippen molar-refractivity contribution in [1.29, 1.82) is 0 Å². The molecule has 0 radical (unpaired) electrons. The van der Waals surface area contributed by atoms with Gasteiger partial charge in [-0.1, -0.05) is 11.6 Å². The maximum Gasteiger partial charge on any atom is 0.323 e. The molecule has 16 heavy (non-hydrogen) atoms. The summed E-state index contributed by atoms with van der Waals surface area (Å²) in [5.41, 5.74) is 0.188. The third-order valence-corrected chi connectivity index (χ3v) is 2.17. The molecule has 1 N–H and O–H groups in total. The van der Waals surface area contributed by atoms with Crippen LogP contribution in [0, 0.1) is 0 Å². The molecular weight excluding hydrogens is 232 g/mol. The number of carbonyl (C=O) groups is 2. The topological polar surface area (TPSA) is 70.5 Å². The average molecular weight is 243 g/mol. The van der Waals surface area contributed by atoms with Gasteiger partial charge >= 0.3 is 5.97 Å². The highest BCUT2D eigenvalue weighted by atomic mass is 35.5. The zero-order chi connectivity index (χ0) is 12.1. The van der Waals surface area contributed by atoms with Crippen LogP contribution in [-0.2, 0) is 4.79 Å². The Kier molecular flexibility index (Phi) is 4.25. The van der Waals surface area contributed by atoms with Gasteiger partial charge in [-0.2, -0.15) is 0 Å². The summed E-state index contributed by atoms with van der Waals surface area (Å²) in [5.74, 6) is -1.47. The first-order chi connectivity index (χ1) is 7.54. The van der Waals surface area contributed by atoms with E-state index >= 15 is 0 Å². The van der Waals surface area contributed by atoms with Crippen LogP contribution in [0.3, 0.4) is 0 Å². The second-order valence-electron chi connectivity index (χ2n) is 3.07. The molecule has 0 bridgehead atoms. The summed E-state index contributed by atoms with van der Waals surface area (Å²) in [5, 5.41) is 9.05. The van der Waals surface area contributed by atoms with Crippen LogP contribution in [0.15, 0.2) is 18.3 Å². The average Bonchev–Trinajstić information content (AvgIpc) is 2.25. The number of hydrogen-bond donors (Lipinski definition) is 1. The molecule has 0 saturated carbocycles. The molecule has 0 atom stereocenters. The summed E-state index contributed by atoms with van der Waals surface area (Å²) in [6.45, 7) is 1.69. The van der Waals surface area contributed by atoms with Gasteiger partial charge in [0.25, 0.3) is 5.91 Å². The van der Waals surface area contributed by atoms with Gasteiger partial charge in [0.2, 0.25) is 0 Å². The van der Waals surface area contributed by atoms with Gasteiger partial charge in [-0.3, -0.25) is 9.59 Å². The van der Waals surface area contributed by atoms with E-state index in [2.05, 4.69) is 4.98 Å². The number of carboxylic acids is 1. The quantitative estimate of drug-likeness (QED) is 0.864. The van der Waals surface area contributed by atoms with E-state index < -0.39 is 11.9 Å². The molecule has 1 rings (SSSR count). The third-order valence-electron chi connectivity index (χ3n) is 1.94. The smallest absolute Gasteiger partial charge is 0.323 e. The van der Waals surface area contributed by atoms with Gasteiger partial charge in [0.15, 0.2) is 0 Å². The van der Waals surface area contributed by atoms with Crippen LogP contribution in [0.2, 0.25) is 5.02 Å². The third kappa shape index (κ3) is 3.20. The van der Waals surface area contributed by atoms with Crippen LogP contribution in [0.25, 0.3) is 0 Å². The molecule has 0 aromatic carbocycles. The van der Waals surface area contributed by atoms with Crippen molar-refractivity contribution >= 4 is 23.5 Å². The van der Waals surface area contributed by atoms with E-state index in [9.17, 15) is 9.59 Å². The maximum absolute atomic E-state index is 11.8. The van der Waals surface area contributed by atoms with Crippen molar-refractivity contribution in [3.05, 3.63) is 29.0 Å². The molecule has 0 saturated heterocycles. The molecule has 5 nitrogen and oxygen atoms in total. The van der Waals surface area contributed by atoms with Crippen LogP contribution in [0.1, 0.15) is 17.4 Å². The number of halogens is 1. The lowest BCUT2D eigenvalue weighted by Gasteiger charge is -2.17. The van der Waals surface area contributed by atoms with E-state index in [-0.39, 0.29) is 12.2 Å². The molecule has 0 unspecified atom stereocenters. The Morgan fingerprint density at radius 3 is 2.62 bits per heavy atom. The van der Waals surface area contributed by atoms with Crippen LogP contribution in [0.4, 0.5) is 0 Å². The predicted octanol–water partition coefficient (Wildman–Crippen LogP) is 1.28. The summed E-state index contributed by atoms with van der Waals surface area (Å²) in [4.78, 5) is 27.3. The van der Waals surface area contributed by atoms with Gasteiger partial charge in [0, 0.05) is 12.7 Å². The predicted molar refractivity (Wildman–Crippen MR) is 58.5 cm³/mol. The molecule has 0 spiro atoms. The molecule has 6 heteroatoms. The maximum atomic E-state index is 11.8. The van der Waals surface area contributed by atoms with Crippen molar-refractivity contribution in [2.75, 3.05) is 13.1 Å². The Morgan fingerprint density at radius 1 is 1.50 bits per heavy atom. The van der Waals surface area contributed by atoms with Gasteiger partial charge in [-0.15, -0.1) is 0 Å². The summed E-state index contributed by atoms with van der Waals surface area (Å²) >= 11 is 5.63. The molecule has 1 amide bonds. The number of rotatable bonds is 4. The molecular formula is C10H11ClN2O3. The number of carboxylic acid groups (broad SMARTS) is 1. The Balaban J connectivity index is 2.82. The minimum Gasteiger partial charge on any atom is -0.480 e. The SMILES string of the molecule is CCN(CC(=O)O)C(=O)c1ccc(Cl)cn1. The lowest BCUT2D eigenvalue weighted by atomic mass is 10.3. The van der Waals surface area contributed by atoms with Crippen molar-refractivity contribution < 1.29 is 14.7 Å². The number of carbonyl (C=O) groups excluding carboxylic acids is 1. The number of pyridine rings is 1. The first kappa shape index (κ1) is 12.4. The molecule has 0 aliphatic carbocycles. The molecule has 0 aliphatic heterocycles. The molecule has 1 heterocycles. The number of nitrogens with zero attached hydrogens (tertiary/aromatic N) is 2. The first-order valence-corrected chi connectivity index (χ1v) is 5.05. The summed E-state index contributed by atoms with van der Waals surface area (Å²) in [6.07, 6.45) is 1.35. The monoisotopic (exact) mass is 242 g/mol. The van der Waals surface area contributed by atoms with E-state index in [4.69, 9.17) is 16.7 Å². The Bertz CT molecular complexity index is 392. The Hall–Kier alpha value is -1.62. The van der Waals surface area contributed by atoms with E-state index in [0.29, 0.717) is 11.6 Å². The zero-order valence-corrected chi connectivity index (χ0v) is 9.44. The molecule has 86 valence electrons. The molecule has 0 aliphatic rings. The Labute approximate surface area is 97.7 Å². The number of likely N-dealkylation sites (N-methyl/N-ethyl adjacent to an activating group) is 1. The molecule has 1 aromatic rings. The second kappa shape index (κ2) is 5.46. The summed E-state index contributed by atoms with van der Waals surface area (Å²) in [7, 11) is 0. The fourth-order valence-corrected chi connectivity index (χ4v) is 1.27. The largest absolute Gasteiger partial charge is 0.480 e. The highest BCUT2D eigenvalue weighted by Crippen LogP contribution is 2.08. The summed E-state index contributed by atoms with van der Waals surface area (Å²) in [6, 6.07) is 3.01. The van der Waals surface area contributed by atoms with Gasteiger partial charge < -0.3 is 10.0 Å². The minimum atomic E-state index is -1.05. The van der Waals surface area contributed by atoms with Crippen molar-refractivity contribution in [3.8, 4) is 0 Å². The lowest BCUT2D eigenvalue weighted by Crippen LogP contribution is -2.35. The van der Waals surface area contributed by atoms with Crippen LogP contribution in [0.5, 0.6) is 0 Å². The van der Waals surface area contributed by atoms with E-state index in [1.54, 1.807) is 6.92 Å². The fraction of sp³-hybridized carbons (Fsp3) is 0.300. The van der Waals surface area contributed by atoms with Crippen LogP contribution in [-0.4, -0.2) is 40.0 Å². The van der Waals surface area contributed by atoms with Gasteiger partial charge in [0.05, 0.1) is 5.02 Å². The number of hydrogen-bond acceptors (Lipinski definition) is 3. The second-order valence-corrected chi connectivity index (χ2v) is 3.51. The first-order valence-electron chi connectivity index (χ1n) is 4.67. The Morgan fingerprint density at radius 2 is 2.19 bits per heavy atom. The lowest BCUT2D eigenvalue weighted by molar-refractivity contribution is -0.137. The standard InChI is InChI=1S/C10H11ClN2O3/c1-2-13(6-9(14)15)10(16)8-4-3-7(11)5-12-8/h3-5H,2,6H2,1H3,(H,14,15). The minimum absolute atomic E-state index is 0.188. The van der Waals surface area contributed by atoms with Gasteiger partial charge in [0.1, 0.15) is 12.2 Å². The van der Waals surface area contributed by atoms with E-state index in [1.165, 1.54) is 23.2 Å². The van der Waals surface area contributed by atoms with E-state index in [1.807, 2.05) is 0 Å². The molecule has 0 fully saturated rings. The fourth-order valence-electron chi connectivity index (χ4n) is 1.15. The summed E-state index contributed by atoms with van der Waals surface area (Å²) < 4.78 is 0. The zero-order valence-electron chi connectivity index (χ0n) is 8.68. The van der Waals surface area contributed by atoms with Crippen molar-refractivity contribution in [3.63, 3.8) is 0 Å². The van der Waals surface area contributed by atoms with E-state index in [0.717, 1.165) is 0 Å². The van der Waals surface area contributed by atoms with Crippen molar-refractivity contribution in [1.82, 2.24) is 9.88 Å². The number of amides is 1. The highest BCUT2D eigenvalue weighted by Gasteiger charge is 2.17. The number of aliphatic carboxylic acids is 1.